The summed E-state index contributed by atoms with van der Waals surface area (Å²) in [6.07, 6.45) is 1.79. The Morgan fingerprint density at radius 2 is 1.86 bits per heavy atom. The smallest absolute Gasteiger partial charge is 0.249 e. The maximum absolute atomic E-state index is 12.8. The number of nitrogens with one attached hydrogen (secondary N) is 1. The molecular formula is C18H19ClN2O. The molecule has 0 spiro atoms. The average molecular weight is 315 g/mol. The molecule has 3 nitrogen and oxygen atoms in total. The Morgan fingerprint density at radius 1 is 1.14 bits per heavy atom. The molecule has 114 valence electrons. The summed E-state index contributed by atoms with van der Waals surface area (Å²) in [5, 5.41) is 4.05. The molecule has 1 N–H and O–H groups in total. The van der Waals surface area contributed by atoms with Gasteiger partial charge < -0.3 is 10.2 Å². The van der Waals surface area contributed by atoms with Crippen LogP contribution in [-0.4, -0.2) is 11.9 Å². The highest BCUT2D eigenvalue weighted by Gasteiger charge is 2.31. The van der Waals surface area contributed by atoms with Crippen molar-refractivity contribution in [2.75, 3.05) is 10.2 Å². The third-order valence-electron chi connectivity index (χ3n) is 3.95. The third kappa shape index (κ3) is 2.81. The van der Waals surface area contributed by atoms with Gasteiger partial charge in [-0.1, -0.05) is 55.3 Å². The molecule has 0 bridgehead atoms. The molecule has 1 atom stereocenters. The second kappa shape index (κ2) is 6.41. The molecule has 0 saturated heterocycles. The number of amides is 1. The summed E-state index contributed by atoms with van der Waals surface area (Å²) in [6.45, 7) is 2.59. The Kier molecular flexibility index (Phi) is 4.34. The van der Waals surface area contributed by atoms with Gasteiger partial charge in [0.2, 0.25) is 5.91 Å². The second-order valence-electron chi connectivity index (χ2n) is 5.52. The van der Waals surface area contributed by atoms with Crippen LogP contribution in [0.3, 0.4) is 0 Å². The molecule has 1 heterocycles. The molecular weight excluding hydrogens is 296 g/mol. The van der Waals surface area contributed by atoms with Crippen molar-refractivity contribution in [3.8, 4) is 0 Å². The maximum atomic E-state index is 12.8. The summed E-state index contributed by atoms with van der Waals surface area (Å²) in [5.41, 5.74) is 2.89. The molecule has 0 saturated carbocycles. The van der Waals surface area contributed by atoms with Crippen molar-refractivity contribution < 1.29 is 4.79 Å². The van der Waals surface area contributed by atoms with E-state index in [1.54, 1.807) is 0 Å². The number of anilines is 2. The van der Waals surface area contributed by atoms with Crippen LogP contribution in [0.1, 0.15) is 25.3 Å². The largest absolute Gasteiger partial charge is 0.372 e. The highest BCUT2D eigenvalue weighted by molar-refractivity contribution is 6.31. The first-order chi connectivity index (χ1) is 10.7. The lowest BCUT2D eigenvalue weighted by Crippen LogP contribution is -2.46. The summed E-state index contributed by atoms with van der Waals surface area (Å²) >= 11 is 6.26. The van der Waals surface area contributed by atoms with Crippen LogP contribution >= 0.6 is 11.6 Å². The van der Waals surface area contributed by atoms with Gasteiger partial charge >= 0.3 is 0 Å². The lowest BCUT2D eigenvalue weighted by Gasteiger charge is -2.35. The number of hydrogen-bond donors (Lipinski definition) is 1. The number of fused-ring (bicyclic) bond motifs is 1. The lowest BCUT2D eigenvalue weighted by molar-refractivity contribution is -0.119. The third-order valence-corrected chi connectivity index (χ3v) is 4.32. The first kappa shape index (κ1) is 14.9. The van der Waals surface area contributed by atoms with E-state index in [1.807, 2.05) is 53.4 Å². The fourth-order valence-electron chi connectivity index (χ4n) is 2.83. The molecule has 2 aromatic rings. The van der Waals surface area contributed by atoms with Crippen LogP contribution < -0.4 is 10.2 Å². The molecule has 4 heteroatoms. The van der Waals surface area contributed by atoms with Gasteiger partial charge in [0.05, 0.1) is 17.9 Å². The number of para-hydroxylation sites is 2. The first-order valence-corrected chi connectivity index (χ1v) is 7.99. The molecule has 1 aliphatic rings. The number of benzene rings is 2. The number of hydrogen-bond acceptors (Lipinski definition) is 2. The SMILES string of the molecule is CCCC1Nc2ccccc2N(Cc2ccccc2Cl)C1=O. The predicted molar refractivity (Wildman–Crippen MR) is 91.4 cm³/mol. The summed E-state index contributed by atoms with van der Waals surface area (Å²) in [7, 11) is 0. The van der Waals surface area contributed by atoms with Crippen molar-refractivity contribution in [1.82, 2.24) is 0 Å². The van der Waals surface area contributed by atoms with Crippen LogP contribution in [0.5, 0.6) is 0 Å². The normalized spacial score (nSPS) is 17.1. The number of halogens is 1. The molecule has 1 unspecified atom stereocenters. The number of carbonyl (C=O) groups excluding carboxylic acids is 1. The van der Waals surface area contributed by atoms with Crippen LogP contribution in [0.4, 0.5) is 11.4 Å². The van der Waals surface area contributed by atoms with Crippen LogP contribution in [0.25, 0.3) is 0 Å². The van der Waals surface area contributed by atoms with Gasteiger partial charge in [-0.05, 0) is 30.2 Å². The minimum Gasteiger partial charge on any atom is -0.372 e. The first-order valence-electron chi connectivity index (χ1n) is 7.61. The zero-order valence-electron chi connectivity index (χ0n) is 12.6. The molecule has 1 amide bonds. The Labute approximate surface area is 135 Å². The van der Waals surface area contributed by atoms with Crippen molar-refractivity contribution >= 4 is 28.9 Å². The monoisotopic (exact) mass is 314 g/mol. The van der Waals surface area contributed by atoms with Crippen LogP contribution in [-0.2, 0) is 11.3 Å². The number of carbonyl (C=O) groups is 1. The van der Waals surface area contributed by atoms with E-state index in [0.717, 1.165) is 29.8 Å². The standard InChI is InChI=1S/C18H19ClN2O/c1-2-7-16-18(22)21(12-13-8-3-4-9-14(13)19)17-11-6-5-10-15(17)20-16/h3-6,8-11,16,20H,2,7,12H2,1H3. The minimum atomic E-state index is -0.164. The number of rotatable bonds is 4. The molecule has 0 fully saturated rings. The predicted octanol–water partition coefficient (Wildman–Crippen LogP) is 4.47. The van der Waals surface area contributed by atoms with Gasteiger partial charge in [-0.3, -0.25) is 4.79 Å². The van der Waals surface area contributed by atoms with Crippen molar-refractivity contribution in [2.24, 2.45) is 0 Å². The Balaban J connectivity index is 1.97. The van der Waals surface area contributed by atoms with E-state index in [4.69, 9.17) is 11.6 Å². The highest BCUT2D eigenvalue weighted by Crippen LogP contribution is 2.34. The van der Waals surface area contributed by atoms with Gasteiger partial charge in [-0.15, -0.1) is 0 Å². The summed E-state index contributed by atoms with van der Waals surface area (Å²) in [5.74, 6) is 0.112. The fourth-order valence-corrected chi connectivity index (χ4v) is 3.03. The van der Waals surface area contributed by atoms with E-state index in [0.29, 0.717) is 11.6 Å². The zero-order chi connectivity index (χ0) is 15.5. The van der Waals surface area contributed by atoms with Gasteiger partial charge in [0.1, 0.15) is 6.04 Å². The van der Waals surface area contributed by atoms with Crippen molar-refractivity contribution in [2.45, 2.75) is 32.4 Å². The van der Waals surface area contributed by atoms with Crippen LogP contribution in [0, 0.1) is 0 Å². The van der Waals surface area contributed by atoms with E-state index in [-0.39, 0.29) is 11.9 Å². The number of nitrogens with zero attached hydrogens (tertiary/aromatic N) is 1. The maximum Gasteiger partial charge on any atom is 0.249 e. The Bertz CT molecular complexity index is 686. The van der Waals surface area contributed by atoms with E-state index >= 15 is 0 Å². The molecule has 3 rings (SSSR count). The van der Waals surface area contributed by atoms with E-state index in [9.17, 15) is 4.79 Å². The van der Waals surface area contributed by atoms with Crippen LogP contribution in [0.15, 0.2) is 48.5 Å². The molecule has 1 aliphatic heterocycles. The second-order valence-corrected chi connectivity index (χ2v) is 5.93. The molecule has 0 aliphatic carbocycles. The quantitative estimate of drug-likeness (QED) is 0.903. The van der Waals surface area contributed by atoms with E-state index < -0.39 is 0 Å². The lowest BCUT2D eigenvalue weighted by atomic mass is 10.0. The summed E-state index contributed by atoms with van der Waals surface area (Å²) < 4.78 is 0. The van der Waals surface area contributed by atoms with Gasteiger partial charge in [0.25, 0.3) is 0 Å². The van der Waals surface area contributed by atoms with Gasteiger partial charge in [0.15, 0.2) is 0 Å². The average Bonchev–Trinajstić information content (AvgIpc) is 2.53. The van der Waals surface area contributed by atoms with Gasteiger partial charge in [-0.2, -0.15) is 0 Å². The fraction of sp³-hybridized carbons (Fsp3) is 0.278. The van der Waals surface area contributed by atoms with Gasteiger partial charge in [-0.25, -0.2) is 0 Å². The van der Waals surface area contributed by atoms with E-state index in [1.165, 1.54) is 0 Å². The van der Waals surface area contributed by atoms with Gasteiger partial charge in [0, 0.05) is 5.02 Å². The van der Waals surface area contributed by atoms with Crippen molar-refractivity contribution in [3.05, 3.63) is 59.1 Å². The topological polar surface area (TPSA) is 32.3 Å². The molecule has 22 heavy (non-hydrogen) atoms. The molecule has 0 aromatic heterocycles. The van der Waals surface area contributed by atoms with Crippen LogP contribution in [0.2, 0.25) is 5.02 Å². The summed E-state index contributed by atoms with van der Waals surface area (Å²) in [4.78, 5) is 14.7. The highest BCUT2D eigenvalue weighted by atomic mass is 35.5. The molecule has 0 radical (unpaired) electrons. The summed E-state index contributed by atoms with van der Waals surface area (Å²) in [6, 6.07) is 15.4. The minimum absolute atomic E-state index is 0.112. The Morgan fingerprint density at radius 3 is 2.64 bits per heavy atom. The van der Waals surface area contributed by atoms with Crippen molar-refractivity contribution in [3.63, 3.8) is 0 Å². The zero-order valence-corrected chi connectivity index (χ0v) is 13.3. The van der Waals surface area contributed by atoms with E-state index in [2.05, 4.69) is 12.2 Å². The molecule has 2 aromatic carbocycles. The Hall–Kier alpha value is -2.00. The van der Waals surface area contributed by atoms with Crippen molar-refractivity contribution in [1.29, 1.82) is 0 Å².